The Morgan fingerprint density at radius 1 is 1.20 bits per heavy atom. The van der Waals surface area contributed by atoms with Crippen molar-refractivity contribution in [2.24, 2.45) is 5.10 Å². The van der Waals surface area contributed by atoms with Gasteiger partial charge in [0, 0.05) is 7.05 Å². The molecule has 2 rings (SSSR count). The van der Waals surface area contributed by atoms with E-state index in [4.69, 9.17) is 16.3 Å². The SMILES string of the molecule is COc1ccc(S(=O)(=O)N(C)CC(=O)NN=Cc2ccc(C(C)(C)C)cc2)cc1Cl. The molecule has 162 valence electrons. The third-order valence-electron chi connectivity index (χ3n) is 4.38. The average Bonchev–Trinajstić information content (AvgIpc) is 2.67. The molecular weight excluding hydrogens is 426 g/mol. The topological polar surface area (TPSA) is 88.1 Å². The van der Waals surface area contributed by atoms with Gasteiger partial charge < -0.3 is 4.74 Å². The molecule has 1 amide bonds. The van der Waals surface area contributed by atoms with Gasteiger partial charge in [-0.25, -0.2) is 13.8 Å². The van der Waals surface area contributed by atoms with Crippen LogP contribution in [0.25, 0.3) is 0 Å². The molecule has 0 radical (unpaired) electrons. The molecule has 0 unspecified atom stereocenters. The summed E-state index contributed by atoms with van der Waals surface area (Å²) in [4.78, 5) is 12.1. The molecule has 9 heteroatoms. The molecule has 7 nitrogen and oxygen atoms in total. The third-order valence-corrected chi connectivity index (χ3v) is 6.47. The number of amides is 1. The van der Waals surface area contributed by atoms with Crippen molar-refractivity contribution in [3.05, 3.63) is 58.6 Å². The first-order valence-electron chi connectivity index (χ1n) is 9.17. The summed E-state index contributed by atoms with van der Waals surface area (Å²) in [5.41, 5.74) is 4.39. The van der Waals surface area contributed by atoms with Gasteiger partial charge in [0.2, 0.25) is 10.0 Å². The number of carbonyl (C=O) groups excluding carboxylic acids is 1. The molecule has 1 N–H and O–H groups in total. The van der Waals surface area contributed by atoms with E-state index in [2.05, 4.69) is 31.3 Å². The number of hydrazone groups is 1. The van der Waals surface area contributed by atoms with Crippen molar-refractivity contribution in [2.45, 2.75) is 31.1 Å². The largest absolute Gasteiger partial charge is 0.495 e. The number of carbonyl (C=O) groups is 1. The molecule has 30 heavy (non-hydrogen) atoms. The molecule has 0 aliphatic rings. The molecule has 0 saturated carbocycles. The Balaban J connectivity index is 1.98. The molecule has 0 aliphatic heterocycles. The maximum atomic E-state index is 12.6. The van der Waals surface area contributed by atoms with Gasteiger partial charge in [0.05, 0.1) is 29.8 Å². The van der Waals surface area contributed by atoms with Gasteiger partial charge in [-0.15, -0.1) is 0 Å². The van der Waals surface area contributed by atoms with E-state index in [9.17, 15) is 13.2 Å². The first kappa shape index (κ1) is 23.9. The Kier molecular flexibility index (Phi) is 7.63. The van der Waals surface area contributed by atoms with Crippen LogP contribution in [0.3, 0.4) is 0 Å². The normalized spacial score (nSPS) is 12.4. The zero-order valence-corrected chi connectivity index (χ0v) is 19.2. The molecule has 0 saturated heterocycles. The monoisotopic (exact) mass is 451 g/mol. The maximum absolute atomic E-state index is 12.6. The highest BCUT2D eigenvalue weighted by Crippen LogP contribution is 2.28. The minimum Gasteiger partial charge on any atom is -0.495 e. The van der Waals surface area contributed by atoms with Crippen molar-refractivity contribution in [1.29, 1.82) is 0 Å². The van der Waals surface area contributed by atoms with Crippen LogP contribution >= 0.6 is 11.6 Å². The van der Waals surface area contributed by atoms with Gasteiger partial charge >= 0.3 is 0 Å². The number of rotatable bonds is 7. The summed E-state index contributed by atoms with van der Waals surface area (Å²) in [5, 5.41) is 4.06. The van der Waals surface area contributed by atoms with Crippen molar-refractivity contribution in [2.75, 3.05) is 20.7 Å². The molecule has 0 aliphatic carbocycles. The number of sulfonamides is 1. The Hall–Kier alpha value is -2.42. The van der Waals surface area contributed by atoms with E-state index in [1.165, 1.54) is 44.1 Å². The highest BCUT2D eigenvalue weighted by Gasteiger charge is 2.24. The Bertz CT molecular complexity index is 1030. The van der Waals surface area contributed by atoms with Crippen LogP contribution in [-0.4, -0.2) is 45.5 Å². The second kappa shape index (κ2) is 9.59. The molecule has 0 heterocycles. The summed E-state index contributed by atoms with van der Waals surface area (Å²) in [7, 11) is -1.15. The first-order chi connectivity index (χ1) is 13.9. The van der Waals surface area contributed by atoms with Crippen LogP contribution in [0.4, 0.5) is 0 Å². The number of halogens is 1. The van der Waals surface area contributed by atoms with E-state index in [1.54, 1.807) is 0 Å². The van der Waals surface area contributed by atoms with E-state index in [0.717, 1.165) is 9.87 Å². The first-order valence-corrected chi connectivity index (χ1v) is 11.0. The van der Waals surface area contributed by atoms with Crippen molar-refractivity contribution < 1.29 is 17.9 Å². The second-order valence-electron chi connectivity index (χ2n) is 7.72. The van der Waals surface area contributed by atoms with E-state index >= 15 is 0 Å². The predicted molar refractivity (Wildman–Crippen MR) is 119 cm³/mol. The van der Waals surface area contributed by atoms with Gasteiger partial charge in [-0.1, -0.05) is 56.6 Å². The number of ether oxygens (including phenoxy) is 1. The zero-order valence-electron chi connectivity index (χ0n) is 17.6. The number of nitrogens with one attached hydrogen (secondary N) is 1. The van der Waals surface area contributed by atoms with Gasteiger partial charge in [-0.05, 0) is 34.7 Å². The Morgan fingerprint density at radius 2 is 1.83 bits per heavy atom. The quantitative estimate of drug-likeness (QED) is 0.516. The van der Waals surface area contributed by atoms with Crippen molar-refractivity contribution >= 4 is 33.7 Å². The van der Waals surface area contributed by atoms with E-state index in [-0.39, 0.29) is 15.3 Å². The fourth-order valence-electron chi connectivity index (χ4n) is 2.56. The van der Waals surface area contributed by atoms with Crippen LogP contribution in [0.1, 0.15) is 31.9 Å². The van der Waals surface area contributed by atoms with Crippen LogP contribution in [-0.2, 0) is 20.2 Å². The summed E-state index contributed by atoms with van der Waals surface area (Å²) in [5.74, 6) is -0.205. The smallest absolute Gasteiger partial charge is 0.255 e. The minimum absolute atomic E-state index is 0.0361. The number of likely N-dealkylation sites (N-methyl/N-ethyl adjacent to an activating group) is 1. The summed E-state index contributed by atoms with van der Waals surface area (Å²) in [6, 6.07) is 11.9. The average molecular weight is 452 g/mol. The van der Waals surface area contributed by atoms with Crippen LogP contribution in [0.2, 0.25) is 5.02 Å². The summed E-state index contributed by atoms with van der Waals surface area (Å²) < 4.78 is 31.2. The molecule has 0 spiro atoms. The predicted octanol–water partition coefficient (Wildman–Crippen LogP) is 3.42. The number of methoxy groups -OCH3 is 1. The number of benzene rings is 2. The van der Waals surface area contributed by atoms with Crippen molar-refractivity contribution in [3.63, 3.8) is 0 Å². The standard InChI is InChI=1S/C21H26ClN3O4S/c1-21(2,3)16-8-6-15(7-9-16)13-23-24-20(26)14-25(4)30(27,28)17-10-11-19(29-5)18(22)12-17/h6-13H,14H2,1-5H3,(H,24,26). The summed E-state index contributed by atoms with van der Waals surface area (Å²) >= 11 is 6.00. The van der Waals surface area contributed by atoms with E-state index < -0.39 is 22.5 Å². The zero-order chi connectivity index (χ0) is 22.5. The number of hydrogen-bond acceptors (Lipinski definition) is 5. The third kappa shape index (κ3) is 6.04. The minimum atomic E-state index is -3.90. The summed E-state index contributed by atoms with van der Waals surface area (Å²) in [6.45, 7) is 5.98. The molecule has 2 aromatic carbocycles. The lowest BCUT2D eigenvalue weighted by Gasteiger charge is -2.18. The van der Waals surface area contributed by atoms with Gasteiger partial charge in [-0.3, -0.25) is 4.79 Å². The lowest BCUT2D eigenvalue weighted by molar-refractivity contribution is -0.121. The van der Waals surface area contributed by atoms with Gasteiger partial charge in [0.1, 0.15) is 5.75 Å². The highest BCUT2D eigenvalue weighted by atomic mass is 35.5. The molecule has 2 aromatic rings. The second-order valence-corrected chi connectivity index (χ2v) is 10.2. The fraction of sp³-hybridized carbons (Fsp3) is 0.333. The number of hydrogen-bond donors (Lipinski definition) is 1. The van der Waals surface area contributed by atoms with E-state index in [0.29, 0.717) is 5.75 Å². The molecule has 0 fully saturated rings. The van der Waals surface area contributed by atoms with Crippen molar-refractivity contribution in [3.8, 4) is 5.75 Å². The maximum Gasteiger partial charge on any atom is 0.255 e. The number of nitrogens with zero attached hydrogens (tertiary/aromatic N) is 2. The van der Waals surface area contributed by atoms with Crippen LogP contribution < -0.4 is 10.2 Å². The fourth-order valence-corrected chi connectivity index (χ4v) is 4.03. The van der Waals surface area contributed by atoms with Crippen molar-refractivity contribution in [1.82, 2.24) is 9.73 Å². The summed E-state index contributed by atoms with van der Waals surface area (Å²) in [6.07, 6.45) is 1.50. The lowest BCUT2D eigenvalue weighted by atomic mass is 9.87. The van der Waals surface area contributed by atoms with Crippen LogP contribution in [0.15, 0.2) is 52.5 Å². The van der Waals surface area contributed by atoms with Crippen LogP contribution in [0.5, 0.6) is 5.75 Å². The van der Waals surface area contributed by atoms with Gasteiger partial charge in [0.15, 0.2) is 0 Å². The molecular formula is C21H26ClN3O4S. The Labute approximate surface area is 182 Å². The van der Waals surface area contributed by atoms with Gasteiger partial charge in [-0.2, -0.15) is 9.41 Å². The molecule has 0 aromatic heterocycles. The molecule has 0 atom stereocenters. The Morgan fingerprint density at radius 3 is 2.37 bits per heavy atom. The van der Waals surface area contributed by atoms with E-state index in [1.807, 2.05) is 24.3 Å². The van der Waals surface area contributed by atoms with Gasteiger partial charge in [0.25, 0.3) is 5.91 Å². The highest BCUT2D eigenvalue weighted by molar-refractivity contribution is 7.89. The lowest BCUT2D eigenvalue weighted by Crippen LogP contribution is -2.36. The van der Waals surface area contributed by atoms with Crippen LogP contribution in [0, 0.1) is 0 Å². The molecule has 0 bridgehead atoms.